The predicted octanol–water partition coefficient (Wildman–Crippen LogP) is 5.90. The Kier molecular flexibility index (Phi) is 14.4. The lowest BCUT2D eigenvalue weighted by Crippen LogP contribution is -2.59. The van der Waals surface area contributed by atoms with E-state index in [0.29, 0.717) is 18.7 Å². The summed E-state index contributed by atoms with van der Waals surface area (Å²) >= 11 is 0. The molecule has 2 aliphatic heterocycles. The van der Waals surface area contributed by atoms with Crippen LogP contribution in [0.3, 0.4) is 0 Å². The van der Waals surface area contributed by atoms with Crippen molar-refractivity contribution < 1.29 is 33.4 Å². The standard InChI is InChI=1S/C41H51N5O7/c1-4-7-22-42-37-39(48)46-27-30(25-35(46)38(47)44-33(16-5-2)40(49)51-6-3)53-36-26-34(29-18-13-11-14-19-29)43-32-21-20-28(24-31(32)36)17-12-9-8-10-15-23-52-41(50)45-37/h5,11-14,17-21,24,26,30,33,35,37,42H,2,4,6-10,15-16,22-23,25,27H2,1,3H3,(H,44,47)(H,45,50)/b17-12+/t30-,33?,35+,37-/m1/s1. The van der Waals surface area contributed by atoms with E-state index in [2.05, 4.69) is 34.7 Å². The number of benzene rings is 2. The molecule has 53 heavy (non-hydrogen) atoms. The molecule has 1 saturated heterocycles. The van der Waals surface area contributed by atoms with Crippen LogP contribution in [0.2, 0.25) is 0 Å². The number of ether oxygens (including phenoxy) is 3. The molecule has 1 aromatic heterocycles. The van der Waals surface area contributed by atoms with Gasteiger partial charge in [0.15, 0.2) is 6.17 Å². The number of nitrogens with one attached hydrogen (secondary N) is 3. The lowest BCUT2D eigenvalue weighted by molar-refractivity contribution is -0.148. The third-order valence-corrected chi connectivity index (χ3v) is 9.24. The van der Waals surface area contributed by atoms with Crippen LogP contribution in [0.5, 0.6) is 5.75 Å². The number of pyridine rings is 1. The largest absolute Gasteiger partial charge is 0.488 e. The number of allylic oxidation sites excluding steroid dienone is 1. The summed E-state index contributed by atoms with van der Waals surface area (Å²) in [5.41, 5.74) is 3.36. The Morgan fingerprint density at radius 1 is 1.11 bits per heavy atom. The number of fused-ring (bicyclic) bond motifs is 3. The van der Waals surface area contributed by atoms with Gasteiger partial charge in [0, 0.05) is 23.4 Å². The summed E-state index contributed by atoms with van der Waals surface area (Å²) in [6, 6.07) is 15.7. The highest BCUT2D eigenvalue weighted by Crippen LogP contribution is 2.34. The van der Waals surface area contributed by atoms with Gasteiger partial charge < -0.3 is 24.4 Å². The van der Waals surface area contributed by atoms with Crippen LogP contribution in [0.15, 0.2) is 73.3 Å². The zero-order chi connectivity index (χ0) is 37.6. The van der Waals surface area contributed by atoms with Crippen molar-refractivity contribution in [1.82, 2.24) is 25.8 Å². The van der Waals surface area contributed by atoms with Crippen molar-refractivity contribution in [3.63, 3.8) is 0 Å². The summed E-state index contributed by atoms with van der Waals surface area (Å²) < 4.78 is 17.4. The first-order valence-corrected chi connectivity index (χ1v) is 18.7. The van der Waals surface area contributed by atoms with Gasteiger partial charge in [-0.05, 0) is 69.7 Å². The van der Waals surface area contributed by atoms with Crippen molar-refractivity contribution >= 4 is 40.9 Å². The van der Waals surface area contributed by atoms with E-state index < -0.39 is 48.2 Å². The van der Waals surface area contributed by atoms with E-state index in [9.17, 15) is 19.2 Å². The van der Waals surface area contributed by atoms with E-state index >= 15 is 0 Å². The Morgan fingerprint density at radius 3 is 2.72 bits per heavy atom. The maximum absolute atomic E-state index is 14.4. The van der Waals surface area contributed by atoms with E-state index in [-0.39, 0.29) is 32.6 Å². The summed E-state index contributed by atoms with van der Waals surface area (Å²) in [7, 11) is 0. The van der Waals surface area contributed by atoms with Crippen LogP contribution >= 0.6 is 0 Å². The number of cyclic esters (lactones) is 1. The average molecular weight is 726 g/mol. The number of carbonyl (C=O) groups is 4. The van der Waals surface area contributed by atoms with E-state index in [1.165, 1.54) is 11.0 Å². The molecular formula is C41H51N5O7. The van der Waals surface area contributed by atoms with Gasteiger partial charge in [-0.1, -0.05) is 68.0 Å². The molecule has 3 N–H and O–H groups in total. The summed E-state index contributed by atoms with van der Waals surface area (Å²) in [6.07, 6.45) is 8.42. The summed E-state index contributed by atoms with van der Waals surface area (Å²) in [4.78, 5) is 60.5. The summed E-state index contributed by atoms with van der Waals surface area (Å²) in [5.74, 6) is -1.10. The SMILES string of the molecule is C=CCC(NC(=O)[C@@H]1C[C@@H]2CN1C(=O)[C@H](NCCCC)NC(=O)OCCCCC/C=C/c1ccc3nc(-c4ccccc4)cc(c3c1)O2)C(=O)OCC. The van der Waals surface area contributed by atoms with Gasteiger partial charge in [0.2, 0.25) is 5.91 Å². The molecule has 0 spiro atoms. The fourth-order valence-electron chi connectivity index (χ4n) is 6.49. The van der Waals surface area contributed by atoms with Crippen molar-refractivity contribution in [3.8, 4) is 17.0 Å². The number of carbonyl (C=O) groups excluding carboxylic acids is 4. The van der Waals surface area contributed by atoms with Crippen molar-refractivity contribution in [2.45, 2.75) is 89.6 Å². The minimum Gasteiger partial charge on any atom is -0.488 e. The van der Waals surface area contributed by atoms with Gasteiger partial charge in [0.25, 0.3) is 5.91 Å². The van der Waals surface area contributed by atoms with Crippen LogP contribution in [0, 0.1) is 0 Å². The molecule has 0 radical (unpaired) electrons. The van der Waals surface area contributed by atoms with Crippen molar-refractivity contribution in [3.05, 3.63) is 78.9 Å². The Balaban J connectivity index is 1.54. The Bertz CT molecular complexity index is 1760. The third kappa shape index (κ3) is 10.7. The summed E-state index contributed by atoms with van der Waals surface area (Å²) in [5, 5.41) is 9.41. The van der Waals surface area contributed by atoms with E-state index in [1.54, 1.807) is 6.92 Å². The zero-order valence-electron chi connectivity index (χ0n) is 30.7. The van der Waals surface area contributed by atoms with Gasteiger partial charge in [0.05, 0.1) is 31.0 Å². The minimum atomic E-state index is -1.16. The molecule has 0 saturated carbocycles. The molecule has 2 aromatic carbocycles. The number of unbranched alkanes of at least 4 members (excludes halogenated alkanes) is 1. The fraction of sp³-hybridized carbons (Fsp3) is 0.439. The van der Waals surface area contributed by atoms with Gasteiger partial charge in [-0.25, -0.2) is 14.6 Å². The highest BCUT2D eigenvalue weighted by atomic mass is 16.5. The van der Waals surface area contributed by atoms with Gasteiger partial charge in [-0.15, -0.1) is 6.58 Å². The molecule has 2 aliphatic rings. The molecule has 4 atom stereocenters. The lowest BCUT2D eigenvalue weighted by atomic mass is 10.1. The number of esters is 1. The van der Waals surface area contributed by atoms with Crippen molar-refractivity contribution in [1.29, 1.82) is 0 Å². The van der Waals surface area contributed by atoms with Crippen LogP contribution in [0.25, 0.3) is 28.2 Å². The zero-order valence-corrected chi connectivity index (χ0v) is 30.7. The molecule has 282 valence electrons. The number of aromatic nitrogens is 1. The molecule has 4 bridgehead atoms. The predicted molar refractivity (Wildman–Crippen MR) is 204 cm³/mol. The highest BCUT2D eigenvalue weighted by Gasteiger charge is 2.44. The third-order valence-electron chi connectivity index (χ3n) is 9.24. The van der Waals surface area contributed by atoms with Gasteiger partial charge >= 0.3 is 12.1 Å². The highest BCUT2D eigenvalue weighted by molar-refractivity contribution is 5.94. The second-order valence-electron chi connectivity index (χ2n) is 13.2. The Hall–Kier alpha value is -5.23. The minimum absolute atomic E-state index is 0.0369. The smallest absolute Gasteiger partial charge is 0.408 e. The maximum atomic E-state index is 14.4. The van der Waals surface area contributed by atoms with E-state index in [4.69, 9.17) is 19.2 Å². The summed E-state index contributed by atoms with van der Waals surface area (Å²) in [6.45, 7) is 8.27. The van der Waals surface area contributed by atoms with Gasteiger partial charge in [0.1, 0.15) is 23.9 Å². The first-order chi connectivity index (χ1) is 25.8. The first-order valence-electron chi connectivity index (χ1n) is 18.7. The topological polar surface area (TPSA) is 148 Å². The number of rotatable bonds is 11. The van der Waals surface area contributed by atoms with Crippen LogP contribution in [-0.4, -0.2) is 84.4 Å². The molecule has 0 aliphatic carbocycles. The average Bonchev–Trinajstić information content (AvgIpc) is 3.59. The second kappa shape index (κ2) is 19.6. The normalized spacial score (nSPS) is 20.8. The maximum Gasteiger partial charge on any atom is 0.408 e. The van der Waals surface area contributed by atoms with Gasteiger partial charge in [-0.2, -0.15) is 0 Å². The molecule has 1 fully saturated rings. The lowest BCUT2D eigenvalue weighted by Gasteiger charge is -2.29. The number of hydrogen-bond acceptors (Lipinski definition) is 9. The number of nitrogens with zero attached hydrogens (tertiary/aromatic N) is 2. The Morgan fingerprint density at radius 2 is 1.94 bits per heavy atom. The molecule has 5 rings (SSSR count). The van der Waals surface area contributed by atoms with Crippen LogP contribution in [0.4, 0.5) is 4.79 Å². The molecule has 12 heteroatoms. The monoisotopic (exact) mass is 725 g/mol. The molecule has 1 unspecified atom stereocenters. The van der Waals surface area contributed by atoms with Crippen LogP contribution in [0.1, 0.15) is 70.8 Å². The van der Waals surface area contributed by atoms with E-state index in [0.717, 1.165) is 59.8 Å². The van der Waals surface area contributed by atoms with Gasteiger partial charge in [-0.3, -0.25) is 20.2 Å². The molecule has 12 nitrogen and oxygen atoms in total. The fourth-order valence-corrected chi connectivity index (χ4v) is 6.49. The first kappa shape index (κ1) is 39.0. The molecular weight excluding hydrogens is 674 g/mol. The number of alkyl carbamates (subject to hydrolysis) is 1. The van der Waals surface area contributed by atoms with Crippen molar-refractivity contribution in [2.75, 3.05) is 26.3 Å². The van der Waals surface area contributed by atoms with E-state index in [1.807, 2.05) is 61.5 Å². The number of hydrogen-bond donors (Lipinski definition) is 3. The van der Waals surface area contributed by atoms with Crippen LogP contribution < -0.4 is 20.7 Å². The molecule has 3 heterocycles. The Labute approximate surface area is 311 Å². The second-order valence-corrected chi connectivity index (χ2v) is 13.2. The van der Waals surface area contributed by atoms with Crippen LogP contribution in [-0.2, 0) is 23.9 Å². The molecule has 3 aromatic rings. The number of amides is 3. The molecule has 3 amide bonds. The quantitative estimate of drug-likeness (QED) is 0.125. The van der Waals surface area contributed by atoms with Crippen molar-refractivity contribution in [2.24, 2.45) is 0 Å².